The molecule has 0 N–H and O–H groups in total. The average Bonchev–Trinajstić information content (AvgIpc) is 2.44. The van der Waals surface area contributed by atoms with Gasteiger partial charge in [0.2, 0.25) is 15.9 Å². The highest BCUT2D eigenvalue weighted by Crippen LogP contribution is 2.24. The molecular weight excluding hydrogens is 288 g/mol. The first-order chi connectivity index (χ1) is 10.1. The molecule has 0 radical (unpaired) electrons. The smallest absolute Gasteiger partial charge is 0.243 e. The third kappa shape index (κ3) is 2.91. The molecular formula is C15H16N2O3S. The molecule has 1 fully saturated rings. The second kappa shape index (κ2) is 5.46. The molecule has 110 valence electrons. The molecule has 0 spiro atoms. The van der Waals surface area contributed by atoms with E-state index in [1.165, 1.54) is 4.31 Å². The summed E-state index contributed by atoms with van der Waals surface area (Å²) >= 11 is 0. The largest absolute Gasteiger partial charge is 0.472 e. The maximum Gasteiger partial charge on any atom is 0.243 e. The predicted molar refractivity (Wildman–Crippen MR) is 78.6 cm³/mol. The van der Waals surface area contributed by atoms with Gasteiger partial charge in [-0.1, -0.05) is 23.8 Å². The third-order valence-electron chi connectivity index (χ3n) is 3.40. The van der Waals surface area contributed by atoms with E-state index in [1.807, 2.05) is 19.1 Å². The summed E-state index contributed by atoms with van der Waals surface area (Å²) in [6.07, 6.45) is 1.51. The molecule has 0 saturated carbocycles. The zero-order valence-corrected chi connectivity index (χ0v) is 12.5. The van der Waals surface area contributed by atoms with Gasteiger partial charge in [-0.15, -0.1) is 0 Å². The molecule has 0 unspecified atom stereocenters. The summed E-state index contributed by atoms with van der Waals surface area (Å²) in [4.78, 5) is 4.39. The van der Waals surface area contributed by atoms with E-state index in [0.29, 0.717) is 23.9 Å². The summed E-state index contributed by atoms with van der Waals surface area (Å²) in [6.45, 7) is 2.64. The fourth-order valence-corrected chi connectivity index (χ4v) is 3.62. The highest BCUT2D eigenvalue weighted by atomic mass is 32.2. The van der Waals surface area contributed by atoms with E-state index >= 15 is 0 Å². The normalized spacial score (nSPS) is 16.4. The van der Waals surface area contributed by atoms with Gasteiger partial charge in [-0.25, -0.2) is 13.4 Å². The number of nitrogens with zero attached hydrogens (tertiary/aromatic N) is 2. The standard InChI is InChI=1S/C15H16N2O3S/c1-12-5-7-14(8-6-12)21(18,19)17-10-13(11-17)20-15-4-2-3-9-16-15/h2-9,13H,10-11H2,1H3. The van der Waals surface area contributed by atoms with Gasteiger partial charge in [0.25, 0.3) is 0 Å². The summed E-state index contributed by atoms with van der Waals surface area (Å²) in [7, 11) is -3.41. The summed E-state index contributed by atoms with van der Waals surface area (Å²) in [5.41, 5.74) is 1.04. The molecule has 5 nitrogen and oxygen atoms in total. The molecule has 1 aromatic heterocycles. The number of pyridine rings is 1. The number of aromatic nitrogens is 1. The van der Waals surface area contributed by atoms with Crippen molar-refractivity contribution in [2.24, 2.45) is 0 Å². The molecule has 21 heavy (non-hydrogen) atoms. The number of sulfonamides is 1. The number of benzene rings is 1. The SMILES string of the molecule is Cc1ccc(S(=O)(=O)N2CC(Oc3ccccn3)C2)cc1. The van der Waals surface area contributed by atoms with Gasteiger partial charge in [0.05, 0.1) is 18.0 Å². The first-order valence-electron chi connectivity index (χ1n) is 6.70. The average molecular weight is 304 g/mol. The first kappa shape index (κ1) is 14.0. The van der Waals surface area contributed by atoms with Crippen LogP contribution in [0.3, 0.4) is 0 Å². The van der Waals surface area contributed by atoms with E-state index in [9.17, 15) is 8.42 Å². The van der Waals surface area contributed by atoms with Gasteiger partial charge in [0.15, 0.2) is 0 Å². The monoisotopic (exact) mass is 304 g/mol. The fourth-order valence-electron chi connectivity index (χ4n) is 2.12. The lowest BCUT2D eigenvalue weighted by Crippen LogP contribution is -2.56. The zero-order valence-electron chi connectivity index (χ0n) is 11.6. The van der Waals surface area contributed by atoms with Gasteiger partial charge in [0.1, 0.15) is 6.10 Å². The van der Waals surface area contributed by atoms with Crippen molar-refractivity contribution in [3.8, 4) is 5.88 Å². The van der Waals surface area contributed by atoms with Gasteiger partial charge in [-0.3, -0.25) is 0 Å². The highest BCUT2D eigenvalue weighted by Gasteiger charge is 2.38. The van der Waals surface area contributed by atoms with Crippen molar-refractivity contribution in [2.45, 2.75) is 17.9 Å². The molecule has 1 aliphatic rings. The van der Waals surface area contributed by atoms with Crippen LogP contribution in [0.1, 0.15) is 5.56 Å². The van der Waals surface area contributed by atoms with Crippen molar-refractivity contribution >= 4 is 10.0 Å². The lowest BCUT2D eigenvalue weighted by Gasteiger charge is -2.37. The number of rotatable bonds is 4. The molecule has 6 heteroatoms. The quantitative estimate of drug-likeness (QED) is 0.865. The van der Waals surface area contributed by atoms with E-state index in [4.69, 9.17) is 4.74 Å². The van der Waals surface area contributed by atoms with Crippen molar-refractivity contribution in [3.05, 3.63) is 54.2 Å². The maximum atomic E-state index is 12.4. The number of hydrogen-bond donors (Lipinski definition) is 0. The fraction of sp³-hybridized carbons (Fsp3) is 0.267. The van der Waals surface area contributed by atoms with Gasteiger partial charge < -0.3 is 4.74 Å². The Morgan fingerprint density at radius 1 is 1.14 bits per heavy atom. The van der Waals surface area contributed by atoms with Crippen LogP contribution in [-0.4, -0.2) is 36.9 Å². The molecule has 2 heterocycles. The Morgan fingerprint density at radius 2 is 1.86 bits per heavy atom. The lowest BCUT2D eigenvalue weighted by molar-refractivity contribution is 0.0721. The Kier molecular flexibility index (Phi) is 3.65. The number of hydrogen-bond acceptors (Lipinski definition) is 4. The Hall–Kier alpha value is -1.92. The van der Waals surface area contributed by atoms with Crippen molar-refractivity contribution in [3.63, 3.8) is 0 Å². The van der Waals surface area contributed by atoms with Crippen LogP contribution in [0.4, 0.5) is 0 Å². The van der Waals surface area contributed by atoms with Crippen molar-refractivity contribution in [1.82, 2.24) is 9.29 Å². The van der Waals surface area contributed by atoms with Crippen LogP contribution in [0, 0.1) is 6.92 Å². The Morgan fingerprint density at radius 3 is 2.48 bits per heavy atom. The van der Waals surface area contributed by atoms with Crippen LogP contribution >= 0.6 is 0 Å². The summed E-state index contributed by atoms with van der Waals surface area (Å²) in [6, 6.07) is 12.3. The van der Waals surface area contributed by atoms with Gasteiger partial charge in [0, 0.05) is 12.3 Å². The molecule has 1 aromatic carbocycles. The second-order valence-electron chi connectivity index (χ2n) is 5.04. The van der Waals surface area contributed by atoms with Crippen molar-refractivity contribution < 1.29 is 13.2 Å². The van der Waals surface area contributed by atoms with Crippen molar-refractivity contribution in [1.29, 1.82) is 0 Å². The molecule has 1 aliphatic heterocycles. The van der Waals surface area contributed by atoms with Crippen molar-refractivity contribution in [2.75, 3.05) is 13.1 Å². The Balaban J connectivity index is 1.64. The van der Waals surface area contributed by atoms with E-state index in [0.717, 1.165) is 5.56 Å². The molecule has 1 saturated heterocycles. The summed E-state index contributed by atoms with van der Waals surface area (Å²) in [5, 5.41) is 0. The molecule has 3 rings (SSSR count). The van der Waals surface area contributed by atoms with Crippen LogP contribution < -0.4 is 4.74 Å². The summed E-state index contributed by atoms with van der Waals surface area (Å²) in [5.74, 6) is 0.523. The van der Waals surface area contributed by atoms with Crippen LogP contribution in [0.2, 0.25) is 0 Å². The van der Waals surface area contributed by atoms with Crippen LogP contribution in [0.15, 0.2) is 53.6 Å². The Bertz CT molecular complexity index is 708. The zero-order chi connectivity index (χ0) is 14.9. The number of ether oxygens (including phenoxy) is 1. The van der Waals surface area contributed by atoms with E-state index in [2.05, 4.69) is 4.98 Å². The number of aryl methyl sites for hydroxylation is 1. The molecule has 0 aliphatic carbocycles. The third-order valence-corrected chi connectivity index (χ3v) is 5.24. The minimum atomic E-state index is -3.41. The second-order valence-corrected chi connectivity index (χ2v) is 6.98. The topological polar surface area (TPSA) is 59.5 Å². The maximum absolute atomic E-state index is 12.4. The predicted octanol–water partition coefficient (Wildman–Crippen LogP) is 1.84. The van der Waals surface area contributed by atoms with Crippen LogP contribution in [-0.2, 0) is 10.0 Å². The van der Waals surface area contributed by atoms with E-state index < -0.39 is 10.0 Å². The summed E-state index contributed by atoms with van der Waals surface area (Å²) < 4.78 is 31.8. The molecule has 0 atom stereocenters. The van der Waals surface area contributed by atoms with Crippen LogP contribution in [0.5, 0.6) is 5.88 Å². The minimum absolute atomic E-state index is 0.139. The molecule has 0 amide bonds. The molecule has 2 aromatic rings. The van der Waals surface area contributed by atoms with E-state index in [-0.39, 0.29) is 6.10 Å². The van der Waals surface area contributed by atoms with Crippen LogP contribution in [0.25, 0.3) is 0 Å². The lowest BCUT2D eigenvalue weighted by atomic mass is 10.2. The first-order valence-corrected chi connectivity index (χ1v) is 8.14. The minimum Gasteiger partial charge on any atom is -0.472 e. The Labute approximate surface area is 124 Å². The van der Waals surface area contributed by atoms with Gasteiger partial charge in [-0.2, -0.15) is 4.31 Å². The van der Waals surface area contributed by atoms with Gasteiger partial charge >= 0.3 is 0 Å². The van der Waals surface area contributed by atoms with E-state index in [1.54, 1.807) is 36.5 Å². The highest BCUT2D eigenvalue weighted by molar-refractivity contribution is 7.89. The molecule has 0 bridgehead atoms. The van der Waals surface area contributed by atoms with Gasteiger partial charge in [-0.05, 0) is 25.1 Å².